The third-order valence-corrected chi connectivity index (χ3v) is 6.95. The number of amides is 3. The van der Waals surface area contributed by atoms with Crippen LogP contribution in [0.1, 0.15) is 39.7 Å². The lowest BCUT2D eigenvalue weighted by atomic mass is 9.95. The van der Waals surface area contributed by atoms with Gasteiger partial charge in [0, 0.05) is 32.6 Å². The van der Waals surface area contributed by atoms with E-state index in [-0.39, 0.29) is 30.7 Å². The zero-order valence-electron chi connectivity index (χ0n) is 19.1. The standard InChI is InChI=1S/C24H31ClN4O3S/c1-3-26-24(32)27-11-8-19(28-23(31)21-6-7-22(25)33-21)20(30)15-16-4-5-17-9-12-29(2)13-10-18(17)14-16/h4-7,14,19H,3,8-13,15H2,1-2H3,(H,28,31)(H2,26,27,32)/t19-/m1/s1. The summed E-state index contributed by atoms with van der Waals surface area (Å²) in [5.41, 5.74) is 3.57. The van der Waals surface area contributed by atoms with E-state index in [1.54, 1.807) is 12.1 Å². The molecular formula is C24H31ClN4O3S. The lowest BCUT2D eigenvalue weighted by Gasteiger charge is -2.18. The molecule has 3 amide bonds. The van der Waals surface area contributed by atoms with Crippen molar-refractivity contribution < 1.29 is 14.4 Å². The molecule has 7 nitrogen and oxygen atoms in total. The Bertz CT molecular complexity index is 994. The minimum absolute atomic E-state index is 0.0885. The fraction of sp³-hybridized carbons (Fsp3) is 0.458. The molecule has 1 atom stereocenters. The van der Waals surface area contributed by atoms with Gasteiger partial charge in [0.15, 0.2) is 5.78 Å². The first kappa shape index (κ1) is 25.2. The first-order valence-corrected chi connectivity index (χ1v) is 12.4. The summed E-state index contributed by atoms with van der Waals surface area (Å²) in [6, 6.07) is 8.53. The quantitative estimate of drug-likeness (QED) is 0.504. The number of hydrogen-bond donors (Lipinski definition) is 3. The van der Waals surface area contributed by atoms with Crippen LogP contribution in [0, 0.1) is 0 Å². The minimum atomic E-state index is -0.717. The second-order valence-electron chi connectivity index (χ2n) is 8.25. The molecule has 2 heterocycles. The fourth-order valence-electron chi connectivity index (χ4n) is 3.86. The molecule has 33 heavy (non-hydrogen) atoms. The Morgan fingerprint density at radius 1 is 1.09 bits per heavy atom. The third kappa shape index (κ3) is 7.55. The van der Waals surface area contributed by atoms with Crippen molar-refractivity contribution in [3.63, 3.8) is 0 Å². The molecule has 1 aliphatic rings. The predicted octanol–water partition coefficient (Wildman–Crippen LogP) is 3.05. The zero-order chi connectivity index (χ0) is 23.8. The smallest absolute Gasteiger partial charge is 0.314 e. The summed E-state index contributed by atoms with van der Waals surface area (Å²) in [6.45, 7) is 4.64. The van der Waals surface area contributed by atoms with Gasteiger partial charge in [0.2, 0.25) is 0 Å². The molecule has 0 saturated carbocycles. The van der Waals surface area contributed by atoms with E-state index in [1.165, 1.54) is 11.1 Å². The largest absolute Gasteiger partial charge is 0.341 e. The number of fused-ring (bicyclic) bond motifs is 1. The highest BCUT2D eigenvalue weighted by molar-refractivity contribution is 7.18. The fourth-order valence-corrected chi connectivity index (χ4v) is 4.80. The molecule has 0 radical (unpaired) electrons. The van der Waals surface area contributed by atoms with Gasteiger partial charge in [0.1, 0.15) is 0 Å². The number of carbonyl (C=O) groups excluding carboxylic acids is 3. The maximum Gasteiger partial charge on any atom is 0.314 e. The Morgan fingerprint density at radius 3 is 2.55 bits per heavy atom. The van der Waals surface area contributed by atoms with E-state index in [2.05, 4.69) is 40.0 Å². The lowest BCUT2D eigenvalue weighted by molar-refractivity contribution is -0.120. The maximum atomic E-state index is 13.2. The second-order valence-corrected chi connectivity index (χ2v) is 9.97. The Hall–Kier alpha value is -2.42. The summed E-state index contributed by atoms with van der Waals surface area (Å²) in [6.07, 6.45) is 2.49. The summed E-state index contributed by atoms with van der Waals surface area (Å²) < 4.78 is 0.511. The molecular weight excluding hydrogens is 460 g/mol. The van der Waals surface area contributed by atoms with Crippen LogP contribution in [0.4, 0.5) is 4.79 Å². The first-order chi connectivity index (χ1) is 15.9. The minimum Gasteiger partial charge on any atom is -0.341 e. The molecule has 0 aliphatic carbocycles. The molecule has 3 rings (SSSR count). The number of benzene rings is 1. The van der Waals surface area contributed by atoms with E-state index in [9.17, 15) is 14.4 Å². The number of thiophene rings is 1. The Morgan fingerprint density at radius 2 is 1.85 bits per heavy atom. The Labute approximate surface area is 203 Å². The van der Waals surface area contributed by atoms with Crippen LogP contribution in [0.2, 0.25) is 4.34 Å². The molecule has 0 bridgehead atoms. The van der Waals surface area contributed by atoms with Crippen LogP contribution in [0.3, 0.4) is 0 Å². The van der Waals surface area contributed by atoms with Gasteiger partial charge in [-0.25, -0.2) is 4.79 Å². The van der Waals surface area contributed by atoms with Crippen LogP contribution in [-0.2, 0) is 24.1 Å². The van der Waals surface area contributed by atoms with Crippen LogP contribution < -0.4 is 16.0 Å². The predicted molar refractivity (Wildman–Crippen MR) is 132 cm³/mol. The Balaban J connectivity index is 1.68. The number of ketones is 1. The van der Waals surface area contributed by atoms with Crippen molar-refractivity contribution in [2.24, 2.45) is 0 Å². The average Bonchev–Trinajstić information content (AvgIpc) is 3.13. The number of likely N-dealkylation sites (N-methyl/N-ethyl adjacent to an activating group) is 1. The number of rotatable bonds is 9. The summed E-state index contributed by atoms with van der Waals surface area (Å²) >= 11 is 7.12. The van der Waals surface area contributed by atoms with Crippen LogP contribution in [0.25, 0.3) is 0 Å². The molecule has 178 valence electrons. The molecule has 1 aromatic heterocycles. The van der Waals surface area contributed by atoms with Crippen molar-refractivity contribution in [2.75, 3.05) is 33.2 Å². The van der Waals surface area contributed by atoms with Crippen LogP contribution in [-0.4, -0.2) is 61.9 Å². The zero-order valence-corrected chi connectivity index (χ0v) is 20.7. The second kappa shape index (κ2) is 12.2. The summed E-state index contributed by atoms with van der Waals surface area (Å²) in [5, 5.41) is 8.22. The number of halogens is 1. The normalized spacial score (nSPS) is 14.6. The van der Waals surface area contributed by atoms with Gasteiger partial charge in [-0.05, 0) is 62.1 Å². The highest BCUT2D eigenvalue weighted by Gasteiger charge is 2.23. The monoisotopic (exact) mass is 490 g/mol. The molecule has 3 N–H and O–H groups in total. The van der Waals surface area contributed by atoms with Crippen LogP contribution in [0.15, 0.2) is 30.3 Å². The van der Waals surface area contributed by atoms with Gasteiger partial charge >= 0.3 is 6.03 Å². The van der Waals surface area contributed by atoms with Gasteiger partial charge in [-0.1, -0.05) is 29.8 Å². The van der Waals surface area contributed by atoms with Crippen molar-refractivity contribution in [3.8, 4) is 0 Å². The molecule has 0 spiro atoms. The van der Waals surface area contributed by atoms with Gasteiger partial charge in [-0.2, -0.15) is 0 Å². The topological polar surface area (TPSA) is 90.5 Å². The SMILES string of the molecule is CCNC(=O)NCC[C@@H](NC(=O)c1ccc(Cl)s1)C(=O)Cc1ccc2c(c1)CCN(C)CC2. The molecule has 0 saturated heterocycles. The highest BCUT2D eigenvalue weighted by atomic mass is 35.5. The molecule has 0 fully saturated rings. The van der Waals surface area contributed by atoms with Crippen LogP contribution in [0.5, 0.6) is 0 Å². The van der Waals surface area contributed by atoms with Crippen molar-refractivity contribution >= 4 is 40.7 Å². The van der Waals surface area contributed by atoms with E-state index in [0.29, 0.717) is 22.2 Å². The highest BCUT2D eigenvalue weighted by Crippen LogP contribution is 2.22. The number of nitrogens with zero attached hydrogens (tertiary/aromatic N) is 1. The van der Waals surface area contributed by atoms with Crippen molar-refractivity contribution in [1.29, 1.82) is 0 Å². The lowest BCUT2D eigenvalue weighted by Crippen LogP contribution is -2.44. The summed E-state index contributed by atoms with van der Waals surface area (Å²) in [4.78, 5) is 40.3. The summed E-state index contributed by atoms with van der Waals surface area (Å²) in [5.74, 6) is -0.428. The van der Waals surface area contributed by atoms with Crippen molar-refractivity contribution in [1.82, 2.24) is 20.9 Å². The molecule has 2 aromatic rings. The van der Waals surface area contributed by atoms with Crippen molar-refractivity contribution in [3.05, 3.63) is 56.2 Å². The maximum absolute atomic E-state index is 13.2. The van der Waals surface area contributed by atoms with Gasteiger partial charge in [0.05, 0.1) is 15.3 Å². The molecule has 0 unspecified atom stereocenters. The van der Waals surface area contributed by atoms with Gasteiger partial charge in [-0.3, -0.25) is 9.59 Å². The number of hydrogen-bond acceptors (Lipinski definition) is 5. The number of Topliss-reactive ketones (excluding diaryl/α,β-unsaturated/α-hetero) is 1. The van der Waals surface area contributed by atoms with Crippen molar-refractivity contribution in [2.45, 2.75) is 38.6 Å². The van der Waals surface area contributed by atoms with E-state index >= 15 is 0 Å². The van der Waals surface area contributed by atoms with E-state index < -0.39 is 6.04 Å². The average molecular weight is 491 g/mol. The molecule has 1 aliphatic heterocycles. The van der Waals surface area contributed by atoms with Gasteiger partial charge < -0.3 is 20.9 Å². The number of nitrogens with one attached hydrogen (secondary N) is 3. The Kier molecular flexibility index (Phi) is 9.29. The van der Waals surface area contributed by atoms with E-state index in [4.69, 9.17) is 11.6 Å². The third-order valence-electron chi connectivity index (χ3n) is 5.72. The number of urea groups is 1. The van der Waals surface area contributed by atoms with Crippen LogP contribution >= 0.6 is 22.9 Å². The molecule has 9 heteroatoms. The summed E-state index contributed by atoms with van der Waals surface area (Å²) in [7, 11) is 2.12. The first-order valence-electron chi connectivity index (χ1n) is 11.3. The van der Waals surface area contributed by atoms with E-state index in [1.807, 2.05) is 13.0 Å². The number of carbonyl (C=O) groups is 3. The van der Waals surface area contributed by atoms with E-state index in [0.717, 1.165) is 42.8 Å². The van der Waals surface area contributed by atoms with Gasteiger partial charge in [-0.15, -0.1) is 11.3 Å². The molecule has 1 aromatic carbocycles. The van der Waals surface area contributed by atoms with Gasteiger partial charge in [0.25, 0.3) is 5.91 Å².